The summed E-state index contributed by atoms with van der Waals surface area (Å²) in [6, 6.07) is -0.222. The smallest absolute Gasteiger partial charge is 0.309 e. The predicted octanol–water partition coefficient (Wildman–Crippen LogP) is 3.82. The molecular weight excluding hydrogens is 554 g/mol. The van der Waals surface area contributed by atoms with Crippen LogP contribution in [0.1, 0.15) is 80.6 Å². The van der Waals surface area contributed by atoms with Crippen LogP contribution < -0.4 is 0 Å². The molecule has 2 rings (SSSR count). The number of likely N-dealkylation sites (N-methyl/N-ethyl adjacent to an activating group) is 1. The highest BCUT2D eigenvalue weighted by molar-refractivity contribution is 5.91. The fourth-order valence-electron chi connectivity index (χ4n) is 6.28. The zero-order valence-electron chi connectivity index (χ0n) is 27.5. The third-order valence-electron chi connectivity index (χ3n) is 8.77. The van der Waals surface area contributed by atoms with Crippen molar-refractivity contribution in [2.45, 2.75) is 123 Å². The Hall–Kier alpha value is -2.11. The Labute approximate surface area is 257 Å². The summed E-state index contributed by atoms with van der Waals surface area (Å²) in [4.78, 5) is 40.7. The van der Waals surface area contributed by atoms with Crippen LogP contribution in [0.25, 0.3) is 0 Å². The van der Waals surface area contributed by atoms with Gasteiger partial charge in [0.15, 0.2) is 12.1 Å². The lowest BCUT2D eigenvalue weighted by atomic mass is 9.79. The lowest BCUT2D eigenvalue weighted by Gasteiger charge is -2.44. The number of ether oxygens (including phenoxy) is 4. The zero-order chi connectivity index (χ0) is 32.4. The molecule has 1 fully saturated rings. The molecule has 0 radical (unpaired) electrons. The van der Waals surface area contributed by atoms with Crippen LogP contribution in [-0.2, 0) is 33.3 Å². The Kier molecular flexibility index (Phi) is 15.0. The van der Waals surface area contributed by atoms with Crippen LogP contribution >= 0.6 is 0 Å². The molecule has 43 heavy (non-hydrogen) atoms. The fourth-order valence-corrected chi connectivity index (χ4v) is 6.28. The number of rotatable bonds is 7. The van der Waals surface area contributed by atoms with Crippen LogP contribution in [0, 0.1) is 23.7 Å². The molecule has 0 aromatic heterocycles. The van der Waals surface area contributed by atoms with Crippen molar-refractivity contribution in [3.63, 3.8) is 0 Å². The van der Waals surface area contributed by atoms with E-state index in [0.29, 0.717) is 19.3 Å². The number of esters is 2. The van der Waals surface area contributed by atoms with Crippen molar-refractivity contribution in [3.8, 4) is 0 Å². The highest BCUT2D eigenvalue weighted by Crippen LogP contribution is 2.35. The monoisotopic (exact) mass is 609 g/mol. The first-order valence-electron chi connectivity index (χ1n) is 15.7. The number of nitrogens with zero attached hydrogens (tertiary/aromatic N) is 1. The molecule has 246 valence electrons. The minimum atomic E-state index is -1.01. The van der Waals surface area contributed by atoms with Crippen molar-refractivity contribution in [3.05, 3.63) is 23.8 Å². The molecule has 0 aliphatic carbocycles. The number of allylic oxidation sites excluding steroid dienone is 3. The molecule has 11 atom stereocenters. The van der Waals surface area contributed by atoms with Crippen LogP contribution in [-0.4, -0.2) is 96.4 Å². The molecule has 0 saturated carbocycles. The van der Waals surface area contributed by atoms with Gasteiger partial charge in [0.1, 0.15) is 18.3 Å². The van der Waals surface area contributed by atoms with Crippen molar-refractivity contribution in [2.75, 3.05) is 20.7 Å². The van der Waals surface area contributed by atoms with E-state index in [4.69, 9.17) is 18.9 Å². The number of cyclic esters (lactones) is 1. The van der Waals surface area contributed by atoms with E-state index in [9.17, 15) is 24.6 Å². The van der Waals surface area contributed by atoms with E-state index in [1.54, 1.807) is 12.2 Å². The normalized spacial score (nSPS) is 39.1. The second kappa shape index (κ2) is 17.4. The largest absolute Gasteiger partial charge is 0.462 e. The van der Waals surface area contributed by atoms with Gasteiger partial charge >= 0.3 is 11.9 Å². The molecule has 2 N–H and O–H groups in total. The second-order valence-electron chi connectivity index (χ2n) is 12.7. The second-order valence-corrected chi connectivity index (χ2v) is 12.7. The van der Waals surface area contributed by atoms with E-state index in [1.807, 2.05) is 66.6 Å². The maximum Gasteiger partial charge on any atom is 0.309 e. The minimum Gasteiger partial charge on any atom is -0.462 e. The number of aliphatic hydroxyl groups excluding tert-OH is 2. The van der Waals surface area contributed by atoms with Gasteiger partial charge in [0.2, 0.25) is 0 Å². The van der Waals surface area contributed by atoms with Gasteiger partial charge in [0.05, 0.1) is 18.6 Å². The summed E-state index contributed by atoms with van der Waals surface area (Å²) >= 11 is 0. The number of carbonyl (C=O) groups is 3. The highest BCUT2D eigenvalue weighted by Gasteiger charge is 2.44. The predicted molar refractivity (Wildman–Crippen MR) is 163 cm³/mol. The van der Waals surface area contributed by atoms with Crippen molar-refractivity contribution < 1.29 is 43.5 Å². The van der Waals surface area contributed by atoms with Crippen LogP contribution in [0.3, 0.4) is 0 Å². The molecule has 2 aliphatic heterocycles. The molecular formula is C33H55NO9. The molecule has 0 amide bonds. The van der Waals surface area contributed by atoms with Crippen molar-refractivity contribution in [1.29, 1.82) is 0 Å². The maximum absolute atomic E-state index is 13.3. The van der Waals surface area contributed by atoms with Gasteiger partial charge in [-0.05, 0) is 65.6 Å². The third-order valence-corrected chi connectivity index (χ3v) is 8.77. The minimum absolute atomic E-state index is 0.0629. The number of hydrogen-bond acceptors (Lipinski definition) is 10. The Balaban J connectivity index is 2.60. The number of hydrogen-bond donors (Lipinski definition) is 2. The molecule has 0 aromatic carbocycles. The molecule has 0 spiro atoms. The van der Waals surface area contributed by atoms with Gasteiger partial charge in [0.25, 0.3) is 0 Å². The summed E-state index contributed by atoms with van der Waals surface area (Å²) in [7, 11) is 3.77. The summed E-state index contributed by atoms with van der Waals surface area (Å²) in [5.41, 5.74) is 0.877. The number of ketones is 1. The average Bonchev–Trinajstić information content (AvgIpc) is 2.92. The zero-order valence-corrected chi connectivity index (χ0v) is 27.5. The van der Waals surface area contributed by atoms with Gasteiger partial charge < -0.3 is 34.1 Å². The summed E-state index contributed by atoms with van der Waals surface area (Å²) in [6.45, 7) is 12.5. The summed E-state index contributed by atoms with van der Waals surface area (Å²) in [6.07, 6.45) is 2.71. The van der Waals surface area contributed by atoms with E-state index >= 15 is 0 Å². The molecule has 2 heterocycles. The van der Waals surface area contributed by atoms with Gasteiger partial charge in [-0.25, -0.2) is 0 Å². The van der Waals surface area contributed by atoms with Crippen LogP contribution in [0.15, 0.2) is 23.8 Å². The van der Waals surface area contributed by atoms with E-state index in [0.717, 1.165) is 5.57 Å². The maximum atomic E-state index is 13.3. The lowest BCUT2D eigenvalue weighted by Crippen LogP contribution is -2.56. The van der Waals surface area contributed by atoms with Crippen molar-refractivity contribution >= 4 is 17.7 Å². The Morgan fingerprint density at radius 1 is 1.12 bits per heavy atom. The summed E-state index contributed by atoms with van der Waals surface area (Å²) in [5.74, 6) is -2.60. The molecule has 0 aromatic rings. The number of carbonyl (C=O) groups excluding carboxylic acids is 3. The SMILES string of the molecule is CC[C@H]1OC(=O)C[C@@H](OC(C)=O)[C@H](C)[C@@H](O[C@@H]2O[C@H](C)C[C@H](N(C)C)[C@H]2O)C(CCO)C[C@@H](C)C(=O)/C=C/C(C)=C/[C@@H]1C. The first kappa shape index (κ1) is 37.1. The molecule has 1 saturated heterocycles. The van der Waals surface area contributed by atoms with Gasteiger partial charge in [-0.3, -0.25) is 14.4 Å². The van der Waals surface area contributed by atoms with Crippen LogP contribution in [0.4, 0.5) is 0 Å². The fraction of sp³-hybridized carbons (Fsp3) is 0.788. The van der Waals surface area contributed by atoms with Gasteiger partial charge in [0, 0.05) is 37.3 Å². The quantitative estimate of drug-likeness (QED) is 0.411. The van der Waals surface area contributed by atoms with E-state index in [-0.39, 0.29) is 49.2 Å². The van der Waals surface area contributed by atoms with E-state index in [1.165, 1.54) is 6.92 Å². The molecule has 2 aliphatic rings. The topological polar surface area (TPSA) is 132 Å². The molecule has 0 bridgehead atoms. The van der Waals surface area contributed by atoms with Gasteiger partial charge in [-0.15, -0.1) is 0 Å². The average molecular weight is 610 g/mol. The van der Waals surface area contributed by atoms with E-state index < -0.39 is 54.5 Å². The molecule has 10 heteroatoms. The first-order valence-corrected chi connectivity index (χ1v) is 15.7. The Morgan fingerprint density at radius 3 is 2.37 bits per heavy atom. The van der Waals surface area contributed by atoms with Gasteiger partial charge in [-0.2, -0.15) is 0 Å². The Morgan fingerprint density at radius 2 is 1.79 bits per heavy atom. The first-order chi connectivity index (χ1) is 20.2. The van der Waals surface area contributed by atoms with Crippen molar-refractivity contribution in [1.82, 2.24) is 4.90 Å². The van der Waals surface area contributed by atoms with Crippen LogP contribution in [0.2, 0.25) is 0 Å². The van der Waals surface area contributed by atoms with Gasteiger partial charge in [-0.1, -0.05) is 45.4 Å². The highest BCUT2D eigenvalue weighted by atomic mass is 16.7. The molecule has 10 nitrogen and oxygen atoms in total. The summed E-state index contributed by atoms with van der Waals surface area (Å²) < 4.78 is 24.3. The standard InChI is InChI=1S/C33H55NO9/c1-10-28-21(4)15-19(2)11-12-27(37)20(3)16-25(13-14-35)32(23(6)29(41-24(7)36)18-30(38)42-28)43-33-31(39)26(34(8)9)17-22(5)40-33/h11-12,15,20-23,25-26,28-29,31-33,35,39H,10,13-14,16-18H2,1-9H3/b12-11+,19-15+/t20-,21+,22-,23+,25?,26+,28-,29-,31-,32-,33+/m1/s1. The van der Waals surface area contributed by atoms with E-state index in [2.05, 4.69) is 0 Å². The molecule has 1 unspecified atom stereocenters. The lowest BCUT2D eigenvalue weighted by molar-refractivity contribution is -0.283. The Bertz CT molecular complexity index is 979. The number of aliphatic hydroxyl groups is 2. The van der Waals surface area contributed by atoms with Crippen molar-refractivity contribution in [2.24, 2.45) is 23.7 Å². The van der Waals surface area contributed by atoms with Crippen LogP contribution in [0.5, 0.6) is 0 Å². The third kappa shape index (κ3) is 11.1. The summed E-state index contributed by atoms with van der Waals surface area (Å²) in [5, 5.41) is 21.4.